The molecule has 2 saturated heterocycles. The molecule has 0 spiro atoms. The Balaban J connectivity index is 1.38. The molecule has 44 heavy (non-hydrogen) atoms. The number of carbonyl (C=O) groups excluding carboxylic acids is 1. The van der Waals surface area contributed by atoms with Crippen molar-refractivity contribution in [2.45, 2.75) is 61.4 Å². The smallest absolute Gasteiger partial charge is 0.340 e. The van der Waals surface area contributed by atoms with Crippen LogP contribution in [0, 0.1) is 0 Å². The molecule has 17 heteroatoms. The molecule has 5 rings (SSSR count). The minimum Gasteiger partial charge on any atom is -0.508 e. The molecule has 10 unspecified atom stereocenters. The number of esters is 1. The van der Waals surface area contributed by atoms with E-state index in [1.807, 2.05) is 0 Å². The predicted octanol–water partition coefficient (Wildman–Crippen LogP) is -2.51. The highest BCUT2D eigenvalue weighted by atomic mass is 16.7. The molecule has 2 aliphatic heterocycles. The molecule has 2 fully saturated rings. The average Bonchev–Trinajstić information content (AvgIpc) is 2.97. The molecule has 17 nitrogen and oxygen atoms in total. The lowest BCUT2D eigenvalue weighted by Crippen LogP contribution is -2.63. The number of benzene rings is 2. The van der Waals surface area contributed by atoms with E-state index in [1.165, 1.54) is 24.3 Å². The Kier molecular flexibility index (Phi) is 8.47. The quantitative estimate of drug-likeness (QED) is 0.128. The zero-order valence-electron chi connectivity index (χ0n) is 22.1. The van der Waals surface area contributed by atoms with Crippen molar-refractivity contribution >= 4 is 22.9 Å². The summed E-state index contributed by atoms with van der Waals surface area (Å²) in [7, 11) is 0. The molecule has 0 bridgehead atoms. The van der Waals surface area contributed by atoms with Crippen molar-refractivity contribution in [2.75, 3.05) is 0 Å². The SMILES string of the molecule is O=C(O)C1OC(OC(=O)C2OC(Oc3cc(O)c4c(=O)cc(-c5ccc(O)cc5)oc4c3)C(O)C(O)C2O)C(O)C(O)C1O. The first-order valence-corrected chi connectivity index (χ1v) is 12.9. The summed E-state index contributed by atoms with van der Waals surface area (Å²) in [6.07, 6.45) is -20.9. The Labute approximate surface area is 244 Å². The number of aliphatic hydroxyl groups excluding tert-OH is 6. The van der Waals surface area contributed by atoms with E-state index >= 15 is 0 Å². The van der Waals surface area contributed by atoms with Gasteiger partial charge in [-0.15, -0.1) is 0 Å². The lowest BCUT2D eigenvalue weighted by Gasteiger charge is -2.41. The van der Waals surface area contributed by atoms with Crippen LogP contribution >= 0.6 is 0 Å². The van der Waals surface area contributed by atoms with Gasteiger partial charge in [0.15, 0.2) is 17.6 Å². The minimum absolute atomic E-state index is 0.0333. The van der Waals surface area contributed by atoms with Crippen molar-refractivity contribution in [2.24, 2.45) is 0 Å². The van der Waals surface area contributed by atoms with Crippen molar-refractivity contribution < 1.29 is 78.9 Å². The van der Waals surface area contributed by atoms with E-state index < -0.39 is 84.5 Å². The molecule has 3 heterocycles. The van der Waals surface area contributed by atoms with E-state index in [-0.39, 0.29) is 28.2 Å². The third-order valence-electron chi connectivity index (χ3n) is 7.03. The Morgan fingerprint density at radius 1 is 0.727 bits per heavy atom. The number of phenols is 2. The number of aromatic hydroxyl groups is 2. The van der Waals surface area contributed by atoms with Crippen LogP contribution in [0.1, 0.15) is 0 Å². The number of phenolic OH excluding ortho intramolecular Hbond substituents is 2. The van der Waals surface area contributed by atoms with Crippen LogP contribution in [-0.4, -0.2) is 119 Å². The molecule has 0 radical (unpaired) electrons. The van der Waals surface area contributed by atoms with Crippen LogP contribution in [0.2, 0.25) is 0 Å². The van der Waals surface area contributed by atoms with Gasteiger partial charge in [-0.2, -0.15) is 0 Å². The Morgan fingerprint density at radius 3 is 1.95 bits per heavy atom. The van der Waals surface area contributed by atoms with Crippen molar-refractivity contribution in [3.63, 3.8) is 0 Å². The second-order valence-electron chi connectivity index (χ2n) is 10.0. The highest BCUT2D eigenvalue weighted by Gasteiger charge is 2.52. The maximum absolute atomic E-state index is 12.9. The summed E-state index contributed by atoms with van der Waals surface area (Å²) < 4.78 is 26.3. The fourth-order valence-corrected chi connectivity index (χ4v) is 4.68. The maximum atomic E-state index is 12.9. The third kappa shape index (κ3) is 5.77. The van der Waals surface area contributed by atoms with E-state index in [4.69, 9.17) is 28.5 Å². The number of ether oxygens (including phenoxy) is 4. The predicted molar refractivity (Wildman–Crippen MR) is 139 cm³/mol. The Bertz CT molecular complexity index is 1600. The molecule has 10 atom stereocenters. The van der Waals surface area contributed by atoms with E-state index in [0.717, 1.165) is 18.2 Å². The molecule has 0 saturated carbocycles. The molecule has 2 aliphatic rings. The highest BCUT2D eigenvalue weighted by molar-refractivity contribution is 5.86. The standard InChI is InChI=1S/C27H26O17/c28-9-3-1-8(2-4-9)13-7-12(30)15-11(29)5-10(6-14(15)41-13)40-26-20(35)17(32)19(34)23(43-26)25(39)44-27-21(36)16(31)18(33)22(42-27)24(37)38/h1-7,16-23,26-29,31-36H,(H,37,38). The number of aliphatic carboxylic acids is 1. The fraction of sp³-hybridized carbons (Fsp3) is 0.370. The van der Waals surface area contributed by atoms with Gasteiger partial charge in [0.2, 0.25) is 12.6 Å². The van der Waals surface area contributed by atoms with Crippen LogP contribution in [0.4, 0.5) is 0 Å². The van der Waals surface area contributed by atoms with E-state index in [9.17, 15) is 55.2 Å². The summed E-state index contributed by atoms with van der Waals surface area (Å²) in [6.45, 7) is 0. The number of aliphatic hydroxyl groups is 6. The zero-order chi connectivity index (χ0) is 32.0. The number of hydrogen-bond donors (Lipinski definition) is 9. The second-order valence-corrected chi connectivity index (χ2v) is 10.0. The molecule has 3 aromatic rings. The van der Waals surface area contributed by atoms with Crippen molar-refractivity contribution in [3.05, 3.63) is 52.7 Å². The first-order chi connectivity index (χ1) is 20.8. The first-order valence-electron chi connectivity index (χ1n) is 12.9. The van der Waals surface area contributed by atoms with Gasteiger partial charge in [-0.1, -0.05) is 0 Å². The number of rotatable bonds is 6. The molecule has 1 aromatic heterocycles. The van der Waals surface area contributed by atoms with Gasteiger partial charge in [0, 0.05) is 23.8 Å². The van der Waals surface area contributed by atoms with Crippen LogP contribution in [0.3, 0.4) is 0 Å². The second kappa shape index (κ2) is 12.0. The van der Waals surface area contributed by atoms with E-state index in [0.29, 0.717) is 5.56 Å². The molecule has 236 valence electrons. The van der Waals surface area contributed by atoms with Crippen LogP contribution < -0.4 is 10.2 Å². The van der Waals surface area contributed by atoms with Crippen LogP contribution in [0.25, 0.3) is 22.3 Å². The summed E-state index contributed by atoms with van der Waals surface area (Å²) >= 11 is 0. The van der Waals surface area contributed by atoms with Gasteiger partial charge >= 0.3 is 11.9 Å². The average molecular weight is 622 g/mol. The summed E-state index contributed by atoms with van der Waals surface area (Å²) in [6, 6.07) is 8.85. The Hall–Kier alpha value is -4.33. The lowest BCUT2D eigenvalue weighted by molar-refractivity contribution is -0.302. The van der Waals surface area contributed by atoms with E-state index in [1.54, 1.807) is 0 Å². The fourth-order valence-electron chi connectivity index (χ4n) is 4.68. The van der Waals surface area contributed by atoms with Crippen LogP contribution in [0.5, 0.6) is 17.2 Å². The van der Waals surface area contributed by atoms with Gasteiger partial charge in [0.1, 0.15) is 70.6 Å². The lowest BCUT2D eigenvalue weighted by atomic mass is 9.98. The van der Waals surface area contributed by atoms with E-state index in [2.05, 4.69) is 0 Å². The summed E-state index contributed by atoms with van der Waals surface area (Å²) in [5.74, 6) is -4.19. The van der Waals surface area contributed by atoms with Crippen LogP contribution in [0.15, 0.2) is 51.7 Å². The van der Waals surface area contributed by atoms with Crippen molar-refractivity contribution in [1.82, 2.24) is 0 Å². The molecule has 9 N–H and O–H groups in total. The largest absolute Gasteiger partial charge is 0.508 e. The molecule has 0 aliphatic carbocycles. The van der Waals surface area contributed by atoms with Gasteiger partial charge in [-0.3, -0.25) is 4.79 Å². The molecular formula is C27H26O17. The summed E-state index contributed by atoms with van der Waals surface area (Å²) in [5, 5.41) is 90.0. The minimum atomic E-state index is -2.16. The van der Waals surface area contributed by atoms with Gasteiger partial charge in [-0.25, -0.2) is 9.59 Å². The monoisotopic (exact) mass is 622 g/mol. The maximum Gasteiger partial charge on any atom is 0.340 e. The van der Waals surface area contributed by atoms with Crippen molar-refractivity contribution in [3.8, 4) is 28.6 Å². The number of hydrogen-bond acceptors (Lipinski definition) is 16. The normalized spacial score (nSPS) is 32.2. The van der Waals surface area contributed by atoms with Gasteiger partial charge < -0.3 is 69.3 Å². The Morgan fingerprint density at radius 2 is 1.32 bits per heavy atom. The van der Waals surface area contributed by atoms with Gasteiger partial charge in [0.25, 0.3) is 0 Å². The topological polar surface area (TPSA) is 283 Å². The van der Waals surface area contributed by atoms with Gasteiger partial charge in [-0.05, 0) is 24.3 Å². The van der Waals surface area contributed by atoms with Crippen LogP contribution in [-0.2, 0) is 23.8 Å². The molecule has 2 aromatic carbocycles. The highest BCUT2D eigenvalue weighted by Crippen LogP contribution is 2.34. The number of carboxylic acids is 1. The third-order valence-corrected chi connectivity index (χ3v) is 7.03. The molecule has 0 amide bonds. The number of fused-ring (bicyclic) bond motifs is 1. The number of carboxylic acid groups (broad SMARTS) is 1. The summed E-state index contributed by atoms with van der Waals surface area (Å²) in [5.41, 5.74) is -0.418. The summed E-state index contributed by atoms with van der Waals surface area (Å²) in [4.78, 5) is 36.9. The van der Waals surface area contributed by atoms with Gasteiger partial charge in [0.05, 0.1) is 0 Å². The van der Waals surface area contributed by atoms with Crippen molar-refractivity contribution in [1.29, 1.82) is 0 Å². The zero-order valence-corrected chi connectivity index (χ0v) is 22.1. The number of carbonyl (C=O) groups is 2. The molecular weight excluding hydrogens is 596 g/mol. The first kappa shape index (κ1) is 31.1.